The van der Waals surface area contributed by atoms with Crippen LogP contribution in [0.2, 0.25) is 0 Å². The number of methoxy groups -OCH3 is 1. The molecule has 0 radical (unpaired) electrons. The van der Waals surface area contributed by atoms with Gasteiger partial charge in [0.05, 0.1) is 19.3 Å². The van der Waals surface area contributed by atoms with Gasteiger partial charge in [-0.25, -0.2) is 4.99 Å². The van der Waals surface area contributed by atoms with Crippen molar-refractivity contribution in [3.05, 3.63) is 59.7 Å². The smallest absolute Gasteiger partial charge is 0.193 e. The Morgan fingerprint density at radius 3 is 2.55 bits per heavy atom. The van der Waals surface area contributed by atoms with Gasteiger partial charge in [0.15, 0.2) is 5.96 Å². The van der Waals surface area contributed by atoms with Crippen LogP contribution in [0, 0.1) is 6.92 Å². The number of nitrogens with one attached hydrogen (secondary N) is 1. The molecule has 0 saturated heterocycles. The summed E-state index contributed by atoms with van der Waals surface area (Å²) >= 11 is 0. The first-order valence-electron chi connectivity index (χ1n) is 6.44. The maximum atomic E-state index is 5.89. The molecule has 104 valence electrons. The summed E-state index contributed by atoms with van der Waals surface area (Å²) in [4.78, 5) is 4.32. The first-order chi connectivity index (χ1) is 9.69. The Hall–Kier alpha value is -2.49. The van der Waals surface area contributed by atoms with Gasteiger partial charge in [-0.3, -0.25) is 0 Å². The highest BCUT2D eigenvalue weighted by atomic mass is 16.5. The standard InChI is InChI=1S/C16H19N3O/c1-12-7-9-13(10-8-12)11-18-16(17)19-14-5-3-4-6-15(14)20-2/h3-10H,11H2,1-2H3,(H3,17,18,19). The van der Waals surface area contributed by atoms with Gasteiger partial charge in [-0.1, -0.05) is 42.0 Å². The van der Waals surface area contributed by atoms with Crippen molar-refractivity contribution in [2.75, 3.05) is 12.4 Å². The lowest BCUT2D eigenvalue weighted by Gasteiger charge is -2.10. The van der Waals surface area contributed by atoms with E-state index in [0.29, 0.717) is 12.5 Å². The van der Waals surface area contributed by atoms with Gasteiger partial charge in [0.25, 0.3) is 0 Å². The molecule has 4 nitrogen and oxygen atoms in total. The van der Waals surface area contributed by atoms with Crippen LogP contribution in [0.3, 0.4) is 0 Å². The molecule has 4 heteroatoms. The molecule has 20 heavy (non-hydrogen) atoms. The number of para-hydroxylation sites is 2. The van der Waals surface area contributed by atoms with E-state index in [1.165, 1.54) is 5.56 Å². The van der Waals surface area contributed by atoms with Crippen LogP contribution in [0.4, 0.5) is 5.69 Å². The molecular formula is C16H19N3O. The molecule has 3 N–H and O–H groups in total. The molecule has 0 heterocycles. The largest absolute Gasteiger partial charge is 0.495 e. The van der Waals surface area contributed by atoms with Gasteiger partial charge in [-0.2, -0.15) is 0 Å². The van der Waals surface area contributed by atoms with Crippen molar-refractivity contribution in [1.82, 2.24) is 0 Å². The number of hydrogen-bond acceptors (Lipinski definition) is 2. The lowest BCUT2D eigenvalue weighted by molar-refractivity contribution is 0.417. The second kappa shape index (κ2) is 6.61. The topological polar surface area (TPSA) is 59.6 Å². The number of aryl methyl sites for hydroxylation is 1. The van der Waals surface area contributed by atoms with Crippen LogP contribution in [-0.2, 0) is 6.54 Å². The van der Waals surface area contributed by atoms with E-state index in [1.807, 2.05) is 24.3 Å². The molecule has 0 bridgehead atoms. The summed E-state index contributed by atoms with van der Waals surface area (Å²) < 4.78 is 5.25. The number of anilines is 1. The summed E-state index contributed by atoms with van der Waals surface area (Å²) in [6, 6.07) is 15.8. The van der Waals surface area contributed by atoms with Crippen LogP contribution < -0.4 is 15.8 Å². The lowest BCUT2D eigenvalue weighted by atomic mass is 10.1. The number of nitrogens with zero attached hydrogens (tertiary/aromatic N) is 1. The summed E-state index contributed by atoms with van der Waals surface area (Å²) in [5.41, 5.74) is 9.06. The van der Waals surface area contributed by atoms with E-state index in [4.69, 9.17) is 10.5 Å². The maximum absolute atomic E-state index is 5.89. The van der Waals surface area contributed by atoms with E-state index < -0.39 is 0 Å². The number of hydrogen-bond donors (Lipinski definition) is 2. The number of guanidine groups is 1. The average molecular weight is 269 g/mol. The molecule has 0 aliphatic rings. The molecule has 2 aromatic carbocycles. The maximum Gasteiger partial charge on any atom is 0.193 e. The summed E-state index contributed by atoms with van der Waals surface area (Å²) in [7, 11) is 1.63. The Labute approximate surface area is 119 Å². The van der Waals surface area contributed by atoms with Crippen molar-refractivity contribution in [3.8, 4) is 5.75 Å². The van der Waals surface area contributed by atoms with Gasteiger partial charge in [0.1, 0.15) is 5.75 Å². The van der Waals surface area contributed by atoms with E-state index in [-0.39, 0.29) is 0 Å². The second-order valence-corrected chi connectivity index (χ2v) is 4.51. The fourth-order valence-electron chi connectivity index (χ4n) is 1.80. The molecule has 0 amide bonds. The van der Waals surface area contributed by atoms with Gasteiger partial charge in [0, 0.05) is 0 Å². The average Bonchev–Trinajstić information content (AvgIpc) is 2.47. The quantitative estimate of drug-likeness (QED) is 0.662. The van der Waals surface area contributed by atoms with Crippen LogP contribution >= 0.6 is 0 Å². The molecule has 0 saturated carbocycles. The Morgan fingerprint density at radius 1 is 1.15 bits per heavy atom. The van der Waals surface area contributed by atoms with E-state index >= 15 is 0 Å². The fourth-order valence-corrected chi connectivity index (χ4v) is 1.80. The normalized spacial score (nSPS) is 11.2. The molecule has 0 spiro atoms. The minimum Gasteiger partial charge on any atom is -0.495 e. The van der Waals surface area contributed by atoms with Gasteiger partial charge in [-0.15, -0.1) is 0 Å². The number of benzene rings is 2. The van der Waals surface area contributed by atoms with Crippen molar-refractivity contribution < 1.29 is 4.74 Å². The first-order valence-corrected chi connectivity index (χ1v) is 6.44. The van der Waals surface area contributed by atoms with E-state index in [1.54, 1.807) is 7.11 Å². The summed E-state index contributed by atoms with van der Waals surface area (Å²) in [6.07, 6.45) is 0. The molecule has 0 aliphatic carbocycles. The van der Waals surface area contributed by atoms with Gasteiger partial charge in [-0.05, 0) is 24.6 Å². The monoisotopic (exact) mass is 269 g/mol. The van der Waals surface area contributed by atoms with Crippen LogP contribution in [0.5, 0.6) is 5.75 Å². The van der Waals surface area contributed by atoms with E-state index in [0.717, 1.165) is 17.0 Å². The first kappa shape index (κ1) is 13.9. The Kier molecular flexibility index (Phi) is 4.60. The predicted octanol–water partition coefficient (Wildman–Crippen LogP) is 2.93. The third kappa shape index (κ3) is 3.75. The highest BCUT2D eigenvalue weighted by Crippen LogP contribution is 2.22. The Morgan fingerprint density at radius 2 is 1.85 bits per heavy atom. The van der Waals surface area contributed by atoms with Crippen LogP contribution in [0.1, 0.15) is 11.1 Å². The molecule has 0 unspecified atom stereocenters. The van der Waals surface area contributed by atoms with E-state index in [2.05, 4.69) is 41.5 Å². The number of nitrogens with two attached hydrogens (primary N) is 1. The highest BCUT2D eigenvalue weighted by Gasteiger charge is 2.02. The minimum absolute atomic E-state index is 0.370. The van der Waals surface area contributed by atoms with Crippen LogP contribution in [0.25, 0.3) is 0 Å². The SMILES string of the molecule is COc1ccccc1NC(N)=NCc1ccc(C)cc1. The van der Waals surface area contributed by atoms with Gasteiger partial charge >= 0.3 is 0 Å². The minimum atomic E-state index is 0.370. The molecule has 0 aromatic heterocycles. The molecule has 0 atom stereocenters. The molecule has 2 aromatic rings. The lowest BCUT2D eigenvalue weighted by Crippen LogP contribution is -2.22. The molecule has 0 fully saturated rings. The second-order valence-electron chi connectivity index (χ2n) is 4.51. The predicted molar refractivity (Wildman–Crippen MR) is 83.1 cm³/mol. The van der Waals surface area contributed by atoms with Crippen molar-refractivity contribution in [3.63, 3.8) is 0 Å². The zero-order chi connectivity index (χ0) is 14.4. The van der Waals surface area contributed by atoms with Crippen LogP contribution in [0.15, 0.2) is 53.5 Å². The van der Waals surface area contributed by atoms with Gasteiger partial charge in [0.2, 0.25) is 0 Å². The summed E-state index contributed by atoms with van der Waals surface area (Å²) in [6.45, 7) is 2.61. The van der Waals surface area contributed by atoms with Gasteiger partial charge < -0.3 is 15.8 Å². The Bertz CT molecular complexity index is 591. The van der Waals surface area contributed by atoms with Crippen LogP contribution in [-0.4, -0.2) is 13.1 Å². The summed E-state index contributed by atoms with van der Waals surface area (Å²) in [5, 5.41) is 3.05. The van der Waals surface area contributed by atoms with Crippen molar-refractivity contribution in [2.45, 2.75) is 13.5 Å². The highest BCUT2D eigenvalue weighted by molar-refractivity contribution is 5.93. The number of rotatable bonds is 4. The van der Waals surface area contributed by atoms with Crippen molar-refractivity contribution >= 4 is 11.6 Å². The number of ether oxygens (including phenoxy) is 1. The molecule has 0 aliphatic heterocycles. The van der Waals surface area contributed by atoms with E-state index in [9.17, 15) is 0 Å². The third-order valence-electron chi connectivity index (χ3n) is 2.92. The molecular weight excluding hydrogens is 250 g/mol. The van der Waals surface area contributed by atoms with Crippen molar-refractivity contribution in [1.29, 1.82) is 0 Å². The van der Waals surface area contributed by atoms with Crippen molar-refractivity contribution in [2.24, 2.45) is 10.7 Å². The zero-order valence-corrected chi connectivity index (χ0v) is 11.8. The molecule has 2 rings (SSSR count). The summed E-state index contributed by atoms with van der Waals surface area (Å²) in [5.74, 6) is 1.11. The Balaban J connectivity index is 2.02. The number of aliphatic imine (C=N–C) groups is 1. The fraction of sp³-hybridized carbons (Fsp3) is 0.188. The third-order valence-corrected chi connectivity index (χ3v) is 2.92. The zero-order valence-electron chi connectivity index (χ0n) is 11.8.